The number of aryl methyl sites for hydroxylation is 2. The molecule has 0 unspecified atom stereocenters. The number of halogens is 1. The summed E-state index contributed by atoms with van der Waals surface area (Å²) in [5.41, 5.74) is 5.78. The predicted octanol–water partition coefficient (Wildman–Crippen LogP) is 8.41. The second-order valence-electron chi connectivity index (χ2n) is 8.68. The van der Waals surface area contributed by atoms with Crippen LogP contribution in [0.1, 0.15) is 53.1 Å². The molecule has 0 N–H and O–H groups in total. The van der Waals surface area contributed by atoms with Crippen LogP contribution < -0.4 is 0 Å². The van der Waals surface area contributed by atoms with Gasteiger partial charge in [0, 0.05) is 27.6 Å². The van der Waals surface area contributed by atoms with Crippen molar-refractivity contribution in [2.75, 3.05) is 0 Å². The average Bonchev–Trinajstić information content (AvgIpc) is 2.92. The van der Waals surface area contributed by atoms with Gasteiger partial charge in [0.05, 0.1) is 0 Å². The first-order chi connectivity index (χ1) is 17.7. The molecular weight excluding hydrogens is 439 g/mol. The van der Waals surface area contributed by atoms with Gasteiger partial charge in [-0.15, -0.1) is 6.58 Å². The highest BCUT2D eigenvalue weighted by molar-refractivity contribution is 5.85. The molecule has 0 saturated heterocycles. The van der Waals surface area contributed by atoms with Crippen molar-refractivity contribution in [1.29, 1.82) is 0 Å². The van der Waals surface area contributed by atoms with Crippen molar-refractivity contribution < 1.29 is 4.39 Å². The lowest BCUT2D eigenvalue weighted by Gasteiger charge is -2.06. The lowest BCUT2D eigenvalue weighted by molar-refractivity contribution is 0.621. The molecule has 1 heteroatoms. The topological polar surface area (TPSA) is 0 Å². The number of benzene rings is 4. The Morgan fingerprint density at radius 3 is 1.89 bits per heavy atom. The number of fused-ring (bicyclic) bond motifs is 1. The fourth-order valence-electron chi connectivity index (χ4n) is 3.96. The molecule has 4 aromatic carbocycles. The Kier molecular flexibility index (Phi) is 8.53. The van der Waals surface area contributed by atoms with Crippen LogP contribution in [0.5, 0.6) is 0 Å². The van der Waals surface area contributed by atoms with Crippen LogP contribution in [0.25, 0.3) is 10.8 Å². The molecular formula is C35H29F. The first kappa shape index (κ1) is 24.8. The zero-order valence-corrected chi connectivity index (χ0v) is 20.7. The van der Waals surface area contributed by atoms with E-state index < -0.39 is 0 Å². The van der Waals surface area contributed by atoms with Gasteiger partial charge in [0.15, 0.2) is 0 Å². The van der Waals surface area contributed by atoms with Crippen LogP contribution in [0, 0.1) is 29.5 Å². The molecule has 0 aliphatic heterocycles. The van der Waals surface area contributed by atoms with Gasteiger partial charge in [-0.25, -0.2) is 4.39 Å². The van der Waals surface area contributed by atoms with Crippen LogP contribution in [0.4, 0.5) is 4.39 Å². The van der Waals surface area contributed by atoms with Crippen molar-refractivity contribution in [1.82, 2.24) is 0 Å². The Labute approximate surface area is 214 Å². The highest BCUT2D eigenvalue weighted by Crippen LogP contribution is 2.23. The molecule has 176 valence electrons. The van der Waals surface area contributed by atoms with Gasteiger partial charge < -0.3 is 0 Å². The van der Waals surface area contributed by atoms with Crippen LogP contribution in [-0.2, 0) is 12.8 Å². The van der Waals surface area contributed by atoms with Crippen LogP contribution >= 0.6 is 0 Å². The third-order valence-corrected chi connectivity index (χ3v) is 6.03. The van der Waals surface area contributed by atoms with Crippen LogP contribution in [-0.4, -0.2) is 0 Å². The summed E-state index contributed by atoms with van der Waals surface area (Å²) in [6.07, 6.45) is 9.63. The summed E-state index contributed by atoms with van der Waals surface area (Å²) in [5, 5.41) is 1.49. The molecule has 0 radical (unpaired) electrons. The van der Waals surface area contributed by atoms with Crippen LogP contribution in [0.3, 0.4) is 0 Å². The average molecular weight is 469 g/mol. The van der Waals surface area contributed by atoms with E-state index in [1.54, 1.807) is 0 Å². The van der Waals surface area contributed by atoms with E-state index in [0.717, 1.165) is 52.5 Å². The normalized spacial score (nSPS) is 10.5. The van der Waals surface area contributed by atoms with Gasteiger partial charge in [-0.3, -0.25) is 0 Å². The highest BCUT2D eigenvalue weighted by Gasteiger charge is 2.07. The smallest absolute Gasteiger partial charge is 0.134 e. The zero-order chi connectivity index (χ0) is 25.2. The summed E-state index contributed by atoms with van der Waals surface area (Å²) in [7, 11) is 0. The molecule has 0 bridgehead atoms. The largest absolute Gasteiger partial charge is 0.206 e. The minimum Gasteiger partial charge on any atom is -0.206 e. The van der Waals surface area contributed by atoms with Gasteiger partial charge in [-0.1, -0.05) is 72.2 Å². The molecule has 0 spiro atoms. The first-order valence-electron chi connectivity index (χ1n) is 12.3. The number of hydrogen-bond acceptors (Lipinski definition) is 0. The Bertz CT molecular complexity index is 1500. The van der Waals surface area contributed by atoms with Crippen molar-refractivity contribution in [2.45, 2.75) is 32.6 Å². The van der Waals surface area contributed by atoms with E-state index in [2.05, 4.69) is 66.7 Å². The molecule has 0 atom stereocenters. The monoisotopic (exact) mass is 468 g/mol. The molecule has 36 heavy (non-hydrogen) atoms. The van der Waals surface area contributed by atoms with Gasteiger partial charge in [-0.05, 0) is 97.7 Å². The van der Waals surface area contributed by atoms with E-state index in [1.165, 1.54) is 5.56 Å². The summed E-state index contributed by atoms with van der Waals surface area (Å²) in [5.74, 6) is 12.7. The summed E-state index contributed by atoms with van der Waals surface area (Å²) in [6, 6.07) is 25.9. The van der Waals surface area contributed by atoms with E-state index in [0.29, 0.717) is 11.8 Å². The highest BCUT2D eigenvalue weighted by atomic mass is 19.1. The van der Waals surface area contributed by atoms with E-state index in [4.69, 9.17) is 0 Å². The Hall–Kier alpha value is -4.33. The van der Waals surface area contributed by atoms with Crippen molar-refractivity contribution in [3.8, 4) is 23.7 Å². The van der Waals surface area contributed by atoms with Gasteiger partial charge in [-0.2, -0.15) is 0 Å². The molecule has 0 amide bonds. The fraction of sp³-hybridized carbons (Fsp3) is 0.143. The molecule has 0 aliphatic carbocycles. The third-order valence-electron chi connectivity index (χ3n) is 6.03. The summed E-state index contributed by atoms with van der Waals surface area (Å²) < 4.78 is 14.8. The third kappa shape index (κ3) is 6.63. The molecule has 0 heterocycles. The maximum Gasteiger partial charge on any atom is 0.134 e. The van der Waals surface area contributed by atoms with Crippen molar-refractivity contribution >= 4 is 10.8 Å². The Morgan fingerprint density at radius 2 is 1.28 bits per heavy atom. The SMILES string of the molecule is C=CCCc1ccc2cc(C#Cc3ccc(C#Cc4ccc(CC/C=C/C)cc4)cc3)ccc2c1F. The van der Waals surface area contributed by atoms with Crippen molar-refractivity contribution in [2.24, 2.45) is 0 Å². The fourth-order valence-corrected chi connectivity index (χ4v) is 3.96. The molecule has 0 saturated carbocycles. The second kappa shape index (κ2) is 12.4. The lowest BCUT2D eigenvalue weighted by atomic mass is 10.0. The van der Waals surface area contributed by atoms with Crippen molar-refractivity contribution in [3.63, 3.8) is 0 Å². The minimum absolute atomic E-state index is 0.147. The van der Waals surface area contributed by atoms with Crippen LogP contribution in [0.2, 0.25) is 0 Å². The lowest BCUT2D eigenvalue weighted by Crippen LogP contribution is -1.92. The molecule has 0 aliphatic rings. The second-order valence-corrected chi connectivity index (χ2v) is 8.68. The molecule has 0 fully saturated rings. The Morgan fingerprint density at radius 1 is 0.694 bits per heavy atom. The van der Waals surface area contributed by atoms with Gasteiger partial charge in [0.2, 0.25) is 0 Å². The Balaban J connectivity index is 1.42. The molecule has 4 rings (SSSR count). The predicted molar refractivity (Wildman–Crippen MR) is 150 cm³/mol. The summed E-state index contributed by atoms with van der Waals surface area (Å²) >= 11 is 0. The van der Waals surface area contributed by atoms with Crippen molar-refractivity contribution in [3.05, 3.63) is 143 Å². The zero-order valence-electron chi connectivity index (χ0n) is 20.7. The minimum atomic E-state index is -0.147. The standard InChI is InChI=1S/C35H29F/c1-3-5-7-8-27-10-12-28(13-11-27)14-15-29-16-18-30(19-17-29)20-21-31-22-25-34-33(26-31)24-23-32(35(34)36)9-6-4-2/h3-5,10-13,16-19,22-26H,2,6-9H2,1H3/b5-3+. The van der Waals surface area contributed by atoms with E-state index in [1.807, 2.05) is 67.6 Å². The van der Waals surface area contributed by atoms with Crippen LogP contribution in [0.15, 0.2) is 104 Å². The van der Waals surface area contributed by atoms with Gasteiger partial charge in [0.25, 0.3) is 0 Å². The van der Waals surface area contributed by atoms with E-state index in [-0.39, 0.29) is 5.82 Å². The number of allylic oxidation sites excluding steroid dienone is 3. The van der Waals surface area contributed by atoms with E-state index >= 15 is 0 Å². The maximum absolute atomic E-state index is 14.8. The molecule has 0 aromatic heterocycles. The maximum atomic E-state index is 14.8. The van der Waals surface area contributed by atoms with Gasteiger partial charge in [0.1, 0.15) is 5.82 Å². The molecule has 4 aromatic rings. The first-order valence-corrected chi connectivity index (χ1v) is 12.3. The summed E-state index contributed by atoms with van der Waals surface area (Å²) in [4.78, 5) is 0. The number of hydrogen-bond donors (Lipinski definition) is 0. The van der Waals surface area contributed by atoms with E-state index in [9.17, 15) is 4.39 Å². The van der Waals surface area contributed by atoms with Gasteiger partial charge >= 0.3 is 0 Å². The number of rotatable bonds is 6. The quantitative estimate of drug-likeness (QED) is 0.197. The summed E-state index contributed by atoms with van der Waals surface area (Å²) in [6.45, 7) is 5.77. The molecule has 0 nitrogen and oxygen atoms in total.